The van der Waals surface area contributed by atoms with Gasteiger partial charge in [-0.15, -0.1) is 0 Å². The Morgan fingerprint density at radius 1 is 1.08 bits per heavy atom. The van der Waals surface area contributed by atoms with Crippen molar-refractivity contribution in [2.75, 3.05) is 5.32 Å². The molecule has 3 aromatic rings. The van der Waals surface area contributed by atoms with Gasteiger partial charge in [-0.1, -0.05) is 29.3 Å². The normalized spacial score (nSPS) is 10.7. The van der Waals surface area contributed by atoms with Crippen molar-refractivity contribution in [2.24, 2.45) is 0 Å². The number of rotatable bonds is 3. The molecule has 0 aliphatic rings. The molecule has 0 aliphatic carbocycles. The summed E-state index contributed by atoms with van der Waals surface area (Å²) in [7, 11) is 0. The van der Waals surface area contributed by atoms with Crippen LogP contribution in [0, 0.1) is 20.8 Å². The number of carbonyl (C=O) groups is 1. The van der Waals surface area contributed by atoms with Crippen molar-refractivity contribution in [3.05, 3.63) is 70.1 Å². The Morgan fingerprint density at radius 2 is 1.79 bits per heavy atom. The maximum Gasteiger partial charge on any atom is 0.275 e. The highest BCUT2D eigenvalue weighted by Gasteiger charge is 2.15. The highest BCUT2D eigenvalue weighted by molar-refractivity contribution is 6.34. The van der Waals surface area contributed by atoms with Gasteiger partial charge in [0, 0.05) is 11.4 Å². The molecule has 5 nitrogen and oxygen atoms in total. The van der Waals surface area contributed by atoms with Crippen molar-refractivity contribution < 1.29 is 4.79 Å². The van der Waals surface area contributed by atoms with Crippen molar-refractivity contribution in [1.29, 1.82) is 0 Å². The number of nitrogens with one attached hydrogen (secondary N) is 1. The molecular formula is C18H17ClN4O. The molecule has 0 atom stereocenters. The number of aromatic nitrogens is 3. The van der Waals surface area contributed by atoms with Gasteiger partial charge in [-0.05, 0) is 51.1 Å². The minimum atomic E-state index is -0.354. The Labute approximate surface area is 145 Å². The van der Waals surface area contributed by atoms with E-state index in [2.05, 4.69) is 15.4 Å². The monoisotopic (exact) mass is 340 g/mol. The van der Waals surface area contributed by atoms with Crippen molar-refractivity contribution >= 4 is 23.2 Å². The van der Waals surface area contributed by atoms with Crippen LogP contribution in [0.2, 0.25) is 5.02 Å². The molecule has 0 fully saturated rings. The molecule has 0 saturated heterocycles. The van der Waals surface area contributed by atoms with E-state index in [4.69, 9.17) is 11.6 Å². The molecule has 0 aliphatic heterocycles. The van der Waals surface area contributed by atoms with Crippen LogP contribution in [0.15, 0.2) is 42.5 Å². The Bertz CT molecular complexity index is 900. The van der Waals surface area contributed by atoms with Crippen LogP contribution in [-0.4, -0.2) is 20.7 Å². The van der Waals surface area contributed by atoms with Gasteiger partial charge >= 0.3 is 0 Å². The van der Waals surface area contributed by atoms with Crippen LogP contribution in [0.4, 0.5) is 5.69 Å². The molecule has 122 valence electrons. The van der Waals surface area contributed by atoms with E-state index < -0.39 is 0 Å². The highest BCUT2D eigenvalue weighted by atomic mass is 35.5. The second-order valence-electron chi connectivity index (χ2n) is 5.66. The first-order valence-corrected chi connectivity index (χ1v) is 7.90. The maximum atomic E-state index is 12.5. The van der Waals surface area contributed by atoms with E-state index in [1.807, 2.05) is 51.1 Å². The summed E-state index contributed by atoms with van der Waals surface area (Å²) in [4.78, 5) is 16.9. The number of aryl methyl sites for hydroxylation is 3. The summed E-state index contributed by atoms with van der Waals surface area (Å²) in [5, 5.41) is 7.49. The fourth-order valence-corrected chi connectivity index (χ4v) is 2.59. The number of pyridine rings is 1. The predicted octanol–water partition coefficient (Wildman–Crippen LogP) is 4.10. The Kier molecular flexibility index (Phi) is 4.36. The lowest BCUT2D eigenvalue weighted by Gasteiger charge is -2.09. The number of anilines is 1. The maximum absolute atomic E-state index is 12.5. The van der Waals surface area contributed by atoms with Crippen LogP contribution in [0.5, 0.6) is 0 Å². The second kappa shape index (κ2) is 6.45. The Morgan fingerprint density at radius 3 is 2.42 bits per heavy atom. The lowest BCUT2D eigenvalue weighted by molar-refractivity contribution is 0.102. The molecule has 1 N–H and O–H groups in total. The Balaban J connectivity index is 1.92. The summed E-state index contributed by atoms with van der Waals surface area (Å²) in [6.45, 7) is 5.83. The quantitative estimate of drug-likeness (QED) is 0.781. The number of hydrogen-bond acceptors (Lipinski definition) is 3. The van der Waals surface area contributed by atoms with E-state index in [1.54, 1.807) is 16.8 Å². The van der Waals surface area contributed by atoms with Crippen LogP contribution in [0.1, 0.15) is 27.4 Å². The topological polar surface area (TPSA) is 59.8 Å². The van der Waals surface area contributed by atoms with Gasteiger partial charge in [0.25, 0.3) is 5.91 Å². The van der Waals surface area contributed by atoms with Crippen LogP contribution < -0.4 is 5.32 Å². The summed E-state index contributed by atoms with van der Waals surface area (Å²) >= 11 is 6.16. The molecule has 0 bridgehead atoms. The van der Waals surface area contributed by atoms with Crippen molar-refractivity contribution in [2.45, 2.75) is 20.8 Å². The van der Waals surface area contributed by atoms with Crippen LogP contribution >= 0.6 is 11.6 Å². The van der Waals surface area contributed by atoms with Crippen LogP contribution in [0.25, 0.3) is 5.82 Å². The van der Waals surface area contributed by atoms with E-state index in [-0.39, 0.29) is 11.6 Å². The smallest absolute Gasteiger partial charge is 0.275 e. The first kappa shape index (κ1) is 16.2. The predicted molar refractivity (Wildman–Crippen MR) is 95.0 cm³/mol. The summed E-state index contributed by atoms with van der Waals surface area (Å²) in [6.07, 6.45) is 0. The molecule has 0 spiro atoms. The number of amides is 1. The van der Waals surface area contributed by atoms with Gasteiger partial charge in [0.15, 0.2) is 5.82 Å². The zero-order chi connectivity index (χ0) is 17.3. The molecule has 24 heavy (non-hydrogen) atoms. The summed E-state index contributed by atoms with van der Waals surface area (Å²) < 4.78 is 1.69. The lowest BCUT2D eigenvalue weighted by Crippen LogP contribution is -2.16. The zero-order valence-electron chi connectivity index (χ0n) is 13.7. The van der Waals surface area contributed by atoms with E-state index in [0.717, 1.165) is 17.0 Å². The van der Waals surface area contributed by atoms with Gasteiger partial charge in [0.05, 0.1) is 10.7 Å². The third kappa shape index (κ3) is 3.31. The molecule has 2 aromatic heterocycles. The molecule has 3 rings (SSSR count). The summed E-state index contributed by atoms with van der Waals surface area (Å²) in [5.74, 6) is 0.200. The SMILES string of the molecule is Cc1ccc(NC(=O)c2nc(-n3nc(C)cc3C)ccc2Cl)cc1. The van der Waals surface area contributed by atoms with Gasteiger partial charge in [0.2, 0.25) is 0 Å². The number of halogens is 1. The lowest BCUT2D eigenvalue weighted by atomic mass is 10.2. The molecular weight excluding hydrogens is 324 g/mol. The molecule has 1 aromatic carbocycles. The van der Waals surface area contributed by atoms with Crippen LogP contribution in [-0.2, 0) is 0 Å². The third-order valence-corrected chi connectivity index (χ3v) is 3.89. The summed E-state index contributed by atoms with van der Waals surface area (Å²) in [5.41, 5.74) is 3.81. The molecule has 6 heteroatoms. The van der Waals surface area contributed by atoms with Gasteiger partial charge in [-0.3, -0.25) is 4.79 Å². The molecule has 1 amide bonds. The molecule has 0 unspecified atom stereocenters. The largest absolute Gasteiger partial charge is 0.321 e. The standard InChI is InChI=1S/C18H17ClN4O/c1-11-4-6-14(7-5-11)20-18(24)17-15(19)8-9-16(21-17)23-13(3)10-12(2)22-23/h4-10H,1-3H3,(H,20,24). The third-order valence-electron chi connectivity index (χ3n) is 3.58. The fraction of sp³-hybridized carbons (Fsp3) is 0.167. The second-order valence-corrected chi connectivity index (χ2v) is 6.07. The van der Waals surface area contributed by atoms with Crippen molar-refractivity contribution in [1.82, 2.24) is 14.8 Å². The van der Waals surface area contributed by atoms with E-state index in [0.29, 0.717) is 16.5 Å². The minimum Gasteiger partial charge on any atom is -0.321 e. The van der Waals surface area contributed by atoms with E-state index in [9.17, 15) is 4.79 Å². The number of benzene rings is 1. The van der Waals surface area contributed by atoms with Crippen molar-refractivity contribution in [3.8, 4) is 5.82 Å². The molecule has 0 saturated carbocycles. The first-order chi connectivity index (χ1) is 11.4. The van der Waals surface area contributed by atoms with Gasteiger partial charge in [-0.2, -0.15) is 5.10 Å². The fourth-order valence-electron chi connectivity index (χ4n) is 2.40. The molecule has 0 radical (unpaired) electrons. The van der Waals surface area contributed by atoms with Gasteiger partial charge in [-0.25, -0.2) is 9.67 Å². The number of carbonyl (C=O) groups excluding carboxylic acids is 1. The molecule has 2 heterocycles. The van der Waals surface area contributed by atoms with E-state index in [1.165, 1.54) is 0 Å². The average Bonchev–Trinajstić information content (AvgIpc) is 2.88. The highest BCUT2D eigenvalue weighted by Crippen LogP contribution is 2.19. The van der Waals surface area contributed by atoms with Crippen molar-refractivity contribution in [3.63, 3.8) is 0 Å². The number of nitrogens with zero attached hydrogens (tertiary/aromatic N) is 3. The Hall–Kier alpha value is -2.66. The van der Waals surface area contributed by atoms with Gasteiger partial charge < -0.3 is 5.32 Å². The first-order valence-electron chi connectivity index (χ1n) is 7.52. The summed E-state index contributed by atoms with van der Waals surface area (Å²) in [6, 6.07) is 12.9. The van der Waals surface area contributed by atoms with Crippen LogP contribution in [0.3, 0.4) is 0 Å². The van der Waals surface area contributed by atoms with Gasteiger partial charge in [0.1, 0.15) is 5.69 Å². The number of hydrogen-bond donors (Lipinski definition) is 1. The minimum absolute atomic E-state index is 0.169. The van der Waals surface area contributed by atoms with E-state index >= 15 is 0 Å². The zero-order valence-corrected chi connectivity index (χ0v) is 14.4. The average molecular weight is 341 g/mol.